The smallest absolute Gasteiger partial charge is 0.251 e. The number of likely N-dealkylation sites (tertiary alicyclic amines) is 1. The first-order valence-corrected chi connectivity index (χ1v) is 7.97. The number of sulfonamides is 1. The van der Waals surface area contributed by atoms with Crippen molar-refractivity contribution >= 4 is 21.6 Å². The van der Waals surface area contributed by atoms with Gasteiger partial charge in [0.05, 0.1) is 5.69 Å². The molecule has 19 heavy (non-hydrogen) atoms. The van der Waals surface area contributed by atoms with Crippen LogP contribution in [0.5, 0.6) is 0 Å². The molecule has 1 fully saturated rings. The summed E-state index contributed by atoms with van der Waals surface area (Å²) in [5.41, 5.74) is 1.42. The molecular formula is C13H18N2O3S. The van der Waals surface area contributed by atoms with E-state index in [1.807, 2.05) is 19.1 Å². The zero-order valence-electron chi connectivity index (χ0n) is 10.9. The van der Waals surface area contributed by atoms with Crippen LogP contribution in [0.4, 0.5) is 5.69 Å². The average molecular weight is 282 g/mol. The first-order valence-electron chi connectivity index (χ1n) is 6.32. The van der Waals surface area contributed by atoms with Gasteiger partial charge in [0.15, 0.2) is 0 Å². The topological polar surface area (TPSA) is 66.5 Å². The molecule has 0 atom stereocenters. The van der Waals surface area contributed by atoms with Gasteiger partial charge in [0.2, 0.25) is 5.91 Å². The lowest BCUT2D eigenvalue weighted by Crippen LogP contribution is -2.40. The van der Waals surface area contributed by atoms with Crippen molar-refractivity contribution in [2.75, 3.05) is 17.1 Å². The van der Waals surface area contributed by atoms with Crippen LogP contribution in [0.25, 0.3) is 0 Å². The van der Waals surface area contributed by atoms with E-state index in [0.29, 0.717) is 18.7 Å². The molecule has 1 aliphatic heterocycles. The third kappa shape index (κ3) is 3.70. The second kappa shape index (κ2) is 5.61. The third-order valence-corrected chi connectivity index (χ3v) is 4.34. The highest BCUT2D eigenvalue weighted by Gasteiger charge is 2.23. The van der Waals surface area contributed by atoms with Crippen molar-refractivity contribution in [2.24, 2.45) is 0 Å². The minimum Gasteiger partial charge on any atom is -0.326 e. The summed E-state index contributed by atoms with van der Waals surface area (Å²) in [5.74, 6) is -0.346. The summed E-state index contributed by atoms with van der Waals surface area (Å²) < 4.78 is 26.7. The number of para-hydroxylation sites is 1. The van der Waals surface area contributed by atoms with Crippen molar-refractivity contribution in [2.45, 2.75) is 26.2 Å². The van der Waals surface area contributed by atoms with E-state index >= 15 is 0 Å². The van der Waals surface area contributed by atoms with Gasteiger partial charge >= 0.3 is 0 Å². The summed E-state index contributed by atoms with van der Waals surface area (Å²) in [7, 11) is -3.53. The van der Waals surface area contributed by atoms with Crippen molar-refractivity contribution < 1.29 is 13.2 Å². The van der Waals surface area contributed by atoms with Gasteiger partial charge < -0.3 is 4.90 Å². The van der Waals surface area contributed by atoms with Crippen LogP contribution in [0.2, 0.25) is 0 Å². The van der Waals surface area contributed by atoms with Gasteiger partial charge in [-0.05, 0) is 31.4 Å². The fourth-order valence-corrected chi connectivity index (χ4v) is 3.40. The van der Waals surface area contributed by atoms with Crippen LogP contribution in [-0.2, 0) is 14.8 Å². The molecule has 1 saturated heterocycles. The summed E-state index contributed by atoms with van der Waals surface area (Å²) in [6.45, 7) is 2.36. The molecule has 1 heterocycles. The van der Waals surface area contributed by atoms with E-state index in [1.54, 1.807) is 12.1 Å². The van der Waals surface area contributed by atoms with Gasteiger partial charge in [-0.3, -0.25) is 9.52 Å². The summed E-state index contributed by atoms with van der Waals surface area (Å²) in [4.78, 5) is 13.0. The van der Waals surface area contributed by atoms with Gasteiger partial charge in [-0.1, -0.05) is 18.2 Å². The summed E-state index contributed by atoms with van der Waals surface area (Å²) in [5, 5.41) is 0. The Kier molecular flexibility index (Phi) is 4.09. The Labute approximate surface area is 113 Å². The second-order valence-corrected chi connectivity index (χ2v) is 6.47. The molecule has 0 spiro atoms. The highest BCUT2D eigenvalue weighted by Crippen LogP contribution is 2.17. The van der Waals surface area contributed by atoms with Crippen LogP contribution in [0.3, 0.4) is 0 Å². The van der Waals surface area contributed by atoms with Crippen LogP contribution in [-0.4, -0.2) is 31.6 Å². The SMILES string of the molecule is Cc1ccccc1NS(=O)(=O)CN1CCCCC1=O. The Bertz CT molecular complexity index is 569. The highest BCUT2D eigenvalue weighted by molar-refractivity contribution is 7.92. The van der Waals surface area contributed by atoms with Gasteiger partial charge in [0.1, 0.15) is 5.88 Å². The third-order valence-electron chi connectivity index (χ3n) is 3.16. The number of aryl methyl sites for hydroxylation is 1. The molecule has 1 amide bonds. The number of anilines is 1. The van der Waals surface area contributed by atoms with Crippen LogP contribution in [0, 0.1) is 6.92 Å². The minimum absolute atomic E-state index is 0.0820. The number of benzene rings is 1. The Morgan fingerprint density at radius 2 is 2.00 bits per heavy atom. The average Bonchev–Trinajstić information content (AvgIpc) is 2.35. The molecule has 0 aliphatic carbocycles. The van der Waals surface area contributed by atoms with Crippen molar-refractivity contribution in [3.8, 4) is 0 Å². The summed E-state index contributed by atoms with van der Waals surface area (Å²) in [6, 6.07) is 7.17. The molecule has 1 aromatic rings. The van der Waals surface area contributed by atoms with E-state index in [0.717, 1.165) is 18.4 Å². The lowest BCUT2D eigenvalue weighted by molar-refractivity contribution is -0.132. The second-order valence-electron chi connectivity index (χ2n) is 4.78. The summed E-state index contributed by atoms with van der Waals surface area (Å²) in [6.07, 6.45) is 2.16. The molecule has 1 aliphatic rings. The van der Waals surface area contributed by atoms with E-state index in [4.69, 9.17) is 0 Å². The number of hydrogen-bond donors (Lipinski definition) is 1. The zero-order chi connectivity index (χ0) is 13.9. The number of rotatable bonds is 4. The number of carbonyl (C=O) groups is 1. The highest BCUT2D eigenvalue weighted by atomic mass is 32.2. The number of nitrogens with zero attached hydrogens (tertiary/aromatic N) is 1. The molecule has 0 unspecified atom stereocenters. The maximum absolute atomic E-state index is 12.1. The van der Waals surface area contributed by atoms with Crippen LogP contribution < -0.4 is 4.72 Å². The standard InChI is InChI=1S/C13H18N2O3S/c1-11-6-2-3-7-12(11)14-19(17,18)10-15-9-5-4-8-13(15)16/h2-3,6-7,14H,4-5,8-10H2,1H3. The van der Waals surface area contributed by atoms with Gasteiger partial charge in [0, 0.05) is 13.0 Å². The maximum Gasteiger partial charge on any atom is 0.251 e. The Balaban J connectivity index is 2.06. The molecule has 6 heteroatoms. The van der Waals surface area contributed by atoms with Crippen LogP contribution >= 0.6 is 0 Å². The van der Waals surface area contributed by atoms with Crippen molar-refractivity contribution in [3.63, 3.8) is 0 Å². The molecule has 1 aromatic carbocycles. The van der Waals surface area contributed by atoms with E-state index in [9.17, 15) is 13.2 Å². The fraction of sp³-hybridized carbons (Fsp3) is 0.462. The van der Waals surface area contributed by atoms with E-state index < -0.39 is 10.0 Å². The molecule has 0 saturated carbocycles. The molecule has 0 bridgehead atoms. The van der Waals surface area contributed by atoms with Gasteiger partial charge in [0.25, 0.3) is 10.0 Å². The van der Waals surface area contributed by atoms with Gasteiger partial charge in [-0.15, -0.1) is 0 Å². The first kappa shape index (κ1) is 13.9. The molecule has 5 nitrogen and oxygen atoms in total. The lowest BCUT2D eigenvalue weighted by Gasteiger charge is -2.26. The molecular weight excluding hydrogens is 264 g/mol. The minimum atomic E-state index is -3.53. The van der Waals surface area contributed by atoms with Crippen molar-refractivity contribution in [1.82, 2.24) is 4.90 Å². The fourth-order valence-electron chi connectivity index (χ4n) is 2.09. The predicted octanol–water partition coefficient (Wildman–Crippen LogP) is 1.71. The Morgan fingerprint density at radius 3 is 2.68 bits per heavy atom. The predicted molar refractivity (Wildman–Crippen MR) is 74.2 cm³/mol. The lowest BCUT2D eigenvalue weighted by atomic mass is 10.1. The van der Waals surface area contributed by atoms with Gasteiger partial charge in [-0.2, -0.15) is 0 Å². The number of hydrogen-bond acceptors (Lipinski definition) is 3. The van der Waals surface area contributed by atoms with Crippen LogP contribution in [0.15, 0.2) is 24.3 Å². The summed E-state index contributed by atoms with van der Waals surface area (Å²) >= 11 is 0. The number of amides is 1. The quantitative estimate of drug-likeness (QED) is 0.914. The maximum atomic E-state index is 12.1. The van der Waals surface area contributed by atoms with Crippen LogP contribution in [0.1, 0.15) is 24.8 Å². The van der Waals surface area contributed by atoms with Crippen molar-refractivity contribution in [1.29, 1.82) is 0 Å². The van der Waals surface area contributed by atoms with E-state index in [-0.39, 0.29) is 11.8 Å². The van der Waals surface area contributed by atoms with Gasteiger partial charge in [-0.25, -0.2) is 8.42 Å². The Morgan fingerprint density at radius 1 is 1.26 bits per heavy atom. The molecule has 0 aromatic heterocycles. The van der Waals surface area contributed by atoms with E-state index in [1.165, 1.54) is 4.90 Å². The molecule has 2 rings (SSSR count). The monoisotopic (exact) mass is 282 g/mol. The Hall–Kier alpha value is -1.56. The van der Waals surface area contributed by atoms with E-state index in [2.05, 4.69) is 4.72 Å². The zero-order valence-corrected chi connectivity index (χ0v) is 11.7. The number of nitrogens with one attached hydrogen (secondary N) is 1. The largest absolute Gasteiger partial charge is 0.326 e. The molecule has 104 valence electrons. The molecule has 0 radical (unpaired) electrons. The van der Waals surface area contributed by atoms with Crippen molar-refractivity contribution in [3.05, 3.63) is 29.8 Å². The molecule has 1 N–H and O–H groups in total. The number of piperidine rings is 1. The first-order chi connectivity index (χ1) is 8.98. The normalized spacial score (nSPS) is 16.5. The number of carbonyl (C=O) groups excluding carboxylic acids is 1.